The maximum absolute atomic E-state index is 14.0. The van der Waals surface area contributed by atoms with Crippen molar-refractivity contribution in [2.24, 2.45) is 0 Å². The average Bonchev–Trinajstić information content (AvgIpc) is 2.45. The first-order valence-corrected chi connectivity index (χ1v) is 6.34. The first-order valence-electron chi connectivity index (χ1n) is 6.34. The van der Waals surface area contributed by atoms with Crippen molar-refractivity contribution < 1.29 is 22.7 Å². The molecular formula is C13H17ClF4N2O. The molecule has 1 atom stereocenters. The highest BCUT2D eigenvalue weighted by Crippen LogP contribution is 2.38. The molecule has 1 heterocycles. The van der Waals surface area contributed by atoms with E-state index in [1.165, 1.54) is 11.0 Å². The summed E-state index contributed by atoms with van der Waals surface area (Å²) in [5, 5.41) is 11.9. The highest BCUT2D eigenvalue weighted by molar-refractivity contribution is 5.85. The minimum atomic E-state index is -3.55. The SMILES string of the molecule is Cl.OCC(F)(F)[C@@H](c1cccc(F)c1F)N1CCNCC1. The van der Waals surface area contributed by atoms with Gasteiger partial charge in [-0.1, -0.05) is 12.1 Å². The maximum atomic E-state index is 14.0. The summed E-state index contributed by atoms with van der Waals surface area (Å²) in [4.78, 5) is 1.37. The van der Waals surface area contributed by atoms with Crippen LogP contribution in [0.25, 0.3) is 0 Å². The third-order valence-electron chi connectivity index (χ3n) is 3.40. The summed E-state index contributed by atoms with van der Waals surface area (Å²) in [6.45, 7) is 0.0911. The zero-order chi connectivity index (χ0) is 14.8. The Morgan fingerprint density at radius 2 is 1.86 bits per heavy atom. The third-order valence-corrected chi connectivity index (χ3v) is 3.40. The number of alkyl halides is 2. The number of rotatable bonds is 4. The number of benzene rings is 1. The van der Waals surface area contributed by atoms with E-state index in [1.807, 2.05) is 0 Å². The van der Waals surface area contributed by atoms with E-state index in [0.717, 1.165) is 12.1 Å². The van der Waals surface area contributed by atoms with Gasteiger partial charge in [0.15, 0.2) is 11.6 Å². The summed E-state index contributed by atoms with van der Waals surface area (Å²) >= 11 is 0. The Bertz CT molecular complexity index is 469. The Hall–Kier alpha value is -0.890. The van der Waals surface area contributed by atoms with Gasteiger partial charge in [-0.15, -0.1) is 12.4 Å². The lowest BCUT2D eigenvalue weighted by Gasteiger charge is -2.38. The van der Waals surface area contributed by atoms with Gasteiger partial charge in [-0.05, 0) is 6.07 Å². The molecular weight excluding hydrogens is 312 g/mol. The van der Waals surface area contributed by atoms with Gasteiger partial charge in [0.05, 0.1) is 0 Å². The first-order chi connectivity index (χ1) is 9.47. The number of nitrogens with zero attached hydrogens (tertiary/aromatic N) is 1. The normalized spacial score (nSPS) is 18.1. The van der Waals surface area contributed by atoms with Crippen molar-refractivity contribution in [3.63, 3.8) is 0 Å². The minimum absolute atomic E-state index is 0. The topological polar surface area (TPSA) is 35.5 Å². The predicted molar refractivity (Wildman–Crippen MR) is 72.8 cm³/mol. The molecule has 0 aromatic heterocycles. The summed E-state index contributed by atoms with van der Waals surface area (Å²) in [6, 6.07) is 1.53. The van der Waals surface area contributed by atoms with Crippen LogP contribution < -0.4 is 5.32 Å². The molecule has 0 saturated carbocycles. The molecule has 21 heavy (non-hydrogen) atoms. The minimum Gasteiger partial charge on any atom is -0.390 e. The van der Waals surface area contributed by atoms with E-state index in [2.05, 4.69) is 5.32 Å². The molecule has 1 aliphatic heterocycles. The van der Waals surface area contributed by atoms with E-state index in [0.29, 0.717) is 13.1 Å². The number of aliphatic hydroxyl groups is 1. The maximum Gasteiger partial charge on any atom is 0.290 e. The van der Waals surface area contributed by atoms with Gasteiger partial charge in [0, 0.05) is 31.7 Å². The van der Waals surface area contributed by atoms with Crippen molar-refractivity contribution in [2.75, 3.05) is 32.8 Å². The fraction of sp³-hybridized carbons (Fsp3) is 0.538. The van der Waals surface area contributed by atoms with E-state index in [1.54, 1.807) is 0 Å². The van der Waals surface area contributed by atoms with Crippen LogP contribution in [0.2, 0.25) is 0 Å². The summed E-state index contributed by atoms with van der Waals surface area (Å²) in [5.41, 5.74) is -0.425. The number of aliphatic hydroxyl groups excluding tert-OH is 1. The van der Waals surface area contributed by atoms with Gasteiger partial charge in [0.2, 0.25) is 0 Å². The molecule has 0 radical (unpaired) electrons. The quantitative estimate of drug-likeness (QED) is 0.830. The van der Waals surface area contributed by atoms with Gasteiger partial charge >= 0.3 is 0 Å². The Morgan fingerprint density at radius 3 is 2.43 bits per heavy atom. The number of nitrogens with one attached hydrogen (secondary N) is 1. The molecule has 1 saturated heterocycles. The lowest BCUT2D eigenvalue weighted by Crippen LogP contribution is -2.51. The summed E-state index contributed by atoms with van der Waals surface area (Å²) in [7, 11) is 0. The van der Waals surface area contributed by atoms with Crippen LogP contribution in [0, 0.1) is 11.6 Å². The van der Waals surface area contributed by atoms with Crippen molar-refractivity contribution in [3.05, 3.63) is 35.4 Å². The second kappa shape index (κ2) is 7.40. The molecule has 2 N–H and O–H groups in total. The van der Waals surface area contributed by atoms with Crippen LogP contribution in [0.5, 0.6) is 0 Å². The van der Waals surface area contributed by atoms with Gasteiger partial charge in [-0.2, -0.15) is 0 Å². The van der Waals surface area contributed by atoms with Crippen LogP contribution in [0.1, 0.15) is 11.6 Å². The van der Waals surface area contributed by atoms with E-state index in [-0.39, 0.29) is 25.5 Å². The lowest BCUT2D eigenvalue weighted by atomic mass is 9.97. The molecule has 1 aromatic rings. The predicted octanol–water partition coefficient (Wildman–Crippen LogP) is 1.96. The number of halogens is 5. The monoisotopic (exact) mass is 328 g/mol. The molecule has 2 rings (SSSR count). The van der Waals surface area contributed by atoms with Crippen LogP contribution in [0.4, 0.5) is 17.6 Å². The van der Waals surface area contributed by atoms with Gasteiger partial charge in [0.25, 0.3) is 5.92 Å². The van der Waals surface area contributed by atoms with Gasteiger partial charge in [-0.25, -0.2) is 17.6 Å². The highest BCUT2D eigenvalue weighted by Gasteiger charge is 2.45. The molecule has 0 bridgehead atoms. The molecule has 120 valence electrons. The smallest absolute Gasteiger partial charge is 0.290 e. The van der Waals surface area contributed by atoms with Crippen molar-refractivity contribution in [1.82, 2.24) is 10.2 Å². The fourth-order valence-electron chi connectivity index (χ4n) is 2.45. The van der Waals surface area contributed by atoms with Crippen molar-refractivity contribution in [1.29, 1.82) is 0 Å². The van der Waals surface area contributed by atoms with E-state index in [9.17, 15) is 17.6 Å². The zero-order valence-electron chi connectivity index (χ0n) is 11.2. The van der Waals surface area contributed by atoms with E-state index < -0.39 is 35.8 Å². The first kappa shape index (κ1) is 18.2. The van der Waals surface area contributed by atoms with Crippen LogP contribution >= 0.6 is 12.4 Å². The van der Waals surface area contributed by atoms with Crippen LogP contribution in [0.15, 0.2) is 18.2 Å². The van der Waals surface area contributed by atoms with Gasteiger partial charge in [0.1, 0.15) is 12.6 Å². The summed E-state index contributed by atoms with van der Waals surface area (Å²) in [5.74, 6) is -6.01. The molecule has 0 aliphatic carbocycles. The number of hydrogen-bond acceptors (Lipinski definition) is 3. The molecule has 1 fully saturated rings. The molecule has 3 nitrogen and oxygen atoms in total. The third kappa shape index (κ3) is 3.85. The number of hydrogen-bond donors (Lipinski definition) is 2. The Morgan fingerprint density at radius 1 is 1.24 bits per heavy atom. The molecule has 1 aliphatic rings. The van der Waals surface area contributed by atoms with E-state index >= 15 is 0 Å². The summed E-state index contributed by atoms with van der Waals surface area (Å²) < 4.78 is 55.1. The average molecular weight is 329 g/mol. The lowest BCUT2D eigenvalue weighted by molar-refractivity contribution is -0.119. The molecule has 0 spiro atoms. The Balaban J connectivity index is 0.00000220. The molecule has 0 unspecified atom stereocenters. The van der Waals surface area contributed by atoms with Gasteiger partial charge in [-0.3, -0.25) is 4.90 Å². The van der Waals surface area contributed by atoms with Gasteiger partial charge < -0.3 is 10.4 Å². The molecule has 8 heteroatoms. The van der Waals surface area contributed by atoms with Crippen molar-refractivity contribution in [2.45, 2.75) is 12.0 Å². The van der Waals surface area contributed by atoms with Crippen LogP contribution in [0.3, 0.4) is 0 Å². The van der Waals surface area contributed by atoms with Crippen LogP contribution in [-0.4, -0.2) is 48.7 Å². The summed E-state index contributed by atoms with van der Waals surface area (Å²) in [6.07, 6.45) is 0. The second-order valence-corrected chi connectivity index (χ2v) is 4.75. The Labute approximate surface area is 126 Å². The van der Waals surface area contributed by atoms with Crippen molar-refractivity contribution >= 4 is 12.4 Å². The molecule has 1 aromatic carbocycles. The van der Waals surface area contributed by atoms with E-state index in [4.69, 9.17) is 5.11 Å². The Kier molecular flexibility index (Phi) is 6.40. The largest absolute Gasteiger partial charge is 0.390 e. The fourth-order valence-corrected chi connectivity index (χ4v) is 2.45. The highest BCUT2D eigenvalue weighted by atomic mass is 35.5. The van der Waals surface area contributed by atoms with Crippen LogP contribution in [-0.2, 0) is 0 Å². The standard InChI is InChI=1S/C13H16F4N2O.ClH/c14-10-3-1-2-9(11(10)15)12(13(16,17)8-20)19-6-4-18-5-7-19;/h1-3,12,18,20H,4-8H2;1H/t12-;/m1./s1. The number of piperazine rings is 1. The molecule has 0 amide bonds. The second-order valence-electron chi connectivity index (χ2n) is 4.75. The zero-order valence-corrected chi connectivity index (χ0v) is 12.0. The van der Waals surface area contributed by atoms with Crippen molar-refractivity contribution in [3.8, 4) is 0 Å².